The predicted octanol–water partition coefficient (Wildman–Crippen LogP) is 4.23. The molecule has 4 heteroatoms. The summed E-state index contributed by atoms with van der Waals surface area (Å²) >= 11 is 0. The van der Waals surface area contributed by atoms with Gasteiger partial charge in [-0.2, -0.15) is 0 Å². The SMILES string of the molecule is CC.COc1ccccc1OC(C)Oc1ccccc1O. The van der Waals surface area contributed by atoms with Gasteiger partial charge in [0.25, 0.3) is 0 Å². The number of ether oxygens (including phenoxy) is 3. The van der Waals surface area contributed by atoms with Gasteiger partial charge in [-0.05, 0) is 24.3 Å². The molecule has 2 aromatic carbocycles. The topological polar surface area (TPSA) is 47.9 Å². The highest BCUT2D eigenvalue weighted by Crippen LogP contribution is 2.29. The number of aromatic hydroxyl groups is 1. The van der Waals surface area contributed by atoms with E-state index in [9.17, 15) is 5.11 Å². The Morgan fingerprint density at radius 2 is 1.29 bits per heavy atom. The van der Waals surface area contributed by atoms with E-state index in [2.05, 4.69) is 0 Å². The predicted molar refractivity (Wildman–Crippen MR) is 83.2 cm³/mol. The van der Waals surface area contributed by atoms with Gasteiger partial charge >= 0.3 is 0 Å². The van der Waals surface area contributed by atoms with E-state index >= 15 is 0 Å². The first-order valence-corrected chi connectivity index (χ1v) is 6.95. The number of rotatable bonds is 5. The van der Waals surface area contributed by atoms with Gasteiger partial charge in [-0.25, -0.2) is 0 Å². The maximum atomic E-state index is 9.62. The largest absolute Gasteiger partial charge is 0.504 e. The van der Waals surface area contributed by atoms with Gasteiger partial charge in [0.15, 0.2) is 23.0 Å². The van der Waals surface area contributed by atoms with E-state index in [0.29, 0.717) is 17.2 Å². The molecule has 0 radical (unpaired) electrons. The minimum absolute atomic E-state index is 0.0815. The molecule has 0 aromatic heterocycles. The Bertz CT molecular complexity index is 540. The molecular formula is C17H22O4. The molecule has 0 fully saturated rings. The van der Waals surface area contributed by atoms with Gasteiger partial charge in [0, 0.05) is 6.92 Å². The zero-order valence-electron chi connectivity index (χ0n) is 12.9. The molecule has 0 saturated carbocycles. The summed E-state index contributed by atoms with van der Waals surface area (Å²) in [4.78, 5) is 0. The monoisotopic (exact) mass is 290 g/mol. The van der Waals surface area contributed by atoms with E-state index in [0.717, 1.165) is 0 Å². The second kappa shape index (κ2) is 8.74. The fraction of sp³-hybridized carbons (Fsp3) is 0.294. The molecule has 2 aromatic rings. The van der Waals surface area contributed by atoms with E-state index in [1.54, 1.807) is 44.4 Å². The van der Waals surface area contributed by atoms with E-state index in [-0.39, 0.29) is 5.75 Å². The molecule has 114 valence electrons. The highest BCUT2D eigenvalue weighted by Gasteiger charge is 2.11. The Morgan fingerprint density at radius 3 is 1.86 bits per heavy atom. The molecule has 0 bridgehead atoms. The summed E-state index contributed by atoms with van der Waals surface area (Å²) < 4.78 is 16.3. The third-order valence-electron chi connectivity index (χ3n) is 2.52. The van der Waals surface area contributed by atoms with Crippen molar-refractivity contribution in [2.75, 3.05) is 7.11 Å². The van der Waals surface area contributed by atoms with Crippen molar-refractivity contribution in [2.24, 2.45) is 0 Å². The van der Waals surface area contributed by atoms with Crippen LogP contribution in [0.4, 0.5) is 0 Å². The Labute approximate surface area is 125 Å². The van der Waals surface area contributed by atoms with Crippen LogP contribution in [0.15, 0.2) is 48.5 Å². The van der Waals surface area contributed by atoms with Crippen LogP contribution in [-0.2, 0) is 0 Å². The van der Waals surface area contributed by atoms with Crippen LogP contribution in [0, 0.1) is 0 Å². The highest BCUT2D eigenvalue weighted by atomic mass is 16.7. The lowest BCUT2D eigenvalue weighted by molar-refractivity contribution is 0.0183. The van der Waals surface area contributed by atoms with Gasteiger partial charge in [-0.1, -0.05) is 38.1 Å². The maximum Gasteiger partial charge on any atom is 0.238 e. The number of phenols is 1. The molecule has 4 nitrogen and oxygen atoms in total. The molecule has 1 unspecified atom stereocenters. The van der Waals surface area contributed by atoms with Crippen LogP contribution in [0.5, 0.6) is 23.0 Å². The maximum absolute atomic E-state index is 9.62. The Kier molecular flexibility index (Phi) is 6.95. The molecule has 0 aliphatic carbocycles. The standard InChI is InChI=1S/C15H16O4.C2H6/c1-11(18-13-8-4-3-7-12(13)16)19-15-10-6-5-9-14(15)17-2;1-2/h3-11,16H,1-2H3;1-2H3. The zero-order valence-corrected chi connectivity index (χ0v) is 12.9. The minimum atomic E-state index is -0.551. The molecule has 0 heterocycles. The van der Waals surface area contributed by atoms with Crippen LogP contribution in [0.3, 0.4) is 0 Å². The molecule has 1 atom stereocenters. The number of hydrogen-bond acceptors (Lipinski definition) is 4. The van der Waals surface area contributed by atoms with Gasteiger partial charge in [-0.15, -0.1) is 0 Å². The number of hydrogen-bond donors (Lipinski definition) is 1. The van der Waals surface area contributed by atoms with Crippen molar-refractivity contribution in [3.63, 3.8) is 0 Å². The lowest BCUT2D eigenvalue weighted by Crippen LogP contribution is -2.19. The summed E-state index contributed by atoms with van der Waals surface area (Å²) in [7, 11) is 1.58. The molecule has 0 amide bonds. The van der Waals surface area contributed by atoms with Crippen molar-refractivity contribution in [1.29, 1.82) is 0 Å². The summed E-state index contributed by atoms with van der Waals surface area (Å²) in [5, 5.41) is 9.62. The summed E-state index contributed by atoms with van der Waals surface area (Å²) in [6.45, 7) is 5.75. The molecule has 0 spiro atoms. The molecule has 0 aliphatic heterocycles. The Hall–Kier alpha value is -2.36. The van der Waals surface area contributed by atoms with Crippen molar-refractivity contribution in [3.8, 4) is 23.0 Å². The average Bonchev–Trinajstić information content (AvgIpc) is 2.52. The Balaban J connectivity index is 0.00000106. The Morgan fingerprint density at radius 1 is 0.810 bits per heavy atom. The molecule has 0 saturated heterocycles. The minimum Gasteiger partial charge on any atom is -0.504 e. The van der Waals surface area contributed by atoms with Gasteiger partial charge in [0.2, 0.25) is 6.29 Å². The summed E-state index contributed by atoms with van der Waals surface area (Å²) in [6.07, 6.45) is -0.551. The molecule has 0 aliphatic rings. The lowest BCUT2D eigenvalue weighted by atomic mass is 10.3. The zero-order chi connectivity index (χ0) is 15.7. The van der Waals surface area contributed by atoms with Crippen LogP contribution in [-0.4, -0.2) is 18.5 Å². The van der Waals surface area contributed by atoms with Crippen LogP contribution < -0.4 is 14.2 Å². The fourth-order valence-corrected chi connectivity index (χ4v) is 1.65. The number of phenolic OH excluding ortho intramolecular Hbond substituents is 1. The quantitative estimate of drug-likeness (QED) is 0.837. The summed E-state index contributed by atoms with van der Waals surface area (Å²) in [5.41, 5.74) is 0. The van der Waals surface area contributed by atoms with E-state index in [1.165, 1.54) is 0 Å². The van der Waals surface area contributed by atoms with E-state index in [4.69, 9.17) is 14.2 Å². The summed E-state index contributed by atoms with van der Waals surface area (Å²) in [5.74, 6) is 1.69. The second-order valence-corrected chi connectivity index (χ2v) is 3.92. The first-order valence-electron chi connectivity index (χ1n) is 6.95. The van der Waals surface area contributed by atoms with Crippen molar-refractivity contribution < 1.29 is 19.3 Å². The van der Waals surface area contributed by atoms with E-state index < -0.39 is 6.29 Å². The molecule has 21 heavy (non-hydrogen) atoms. The first-order chi connectivity index (χ1) is 10.2. The smallest absolute Gasteiger partial charge is 0.238 e. The van der Waals surface area contributed by atoms with Crippen molar-refractivity contribution in [1.82, 2.24) is 0 Å². The number of benzene rings is 2. The van der Waals surface area contributed by atoms with E-state index in [1.807, 2.05) is 32.0 Å². The normalized spacial score (nSPS) is 10.9. The van der Waals surface area contributed by atoms with Gasteiger partial charge in [-0.3, -0.25) is 0 Å². The summed E-state index contributed by atoms with van der Waals surface area (Å²) in [6, 6.07) is 14.1. The van der Waals surface area contributed by atoms with Crippen molar-refractivity contribution in [3.05, 3.63) is 48.5 Å². The van der Waals surface area contributed by atoms with Gasteiger partial charge < -0.3 is 19.3 Å². The van der Waals surface area contributed by atoms with Gasteiger partial charge in [0.1, 0.15) is 0 Å². The van der Waals surface area contributed by atoms with Crippen LogP contribution >= 0.6 is 0 Å². The van der Waals surface area contributed by atoms with Crippen molar-refractivity contribution in [2.45, 2.75) is 27.1 Å². The third kappa shape index (κ3) is 4.91. The third-order valence-corrected chi connectivity index (χ3v) is 2.52. The average molecular weight is 290 g/mol. The first kappa shape index (κ1) is 16.7. The second-order valence-electron chi connectivity index (χ2n) is 3.92. The number of methoxy groups -OCH3 is 1. The molecule has 1 N–H and O–H groups in total. The number of para-hydroxylation sites is 4. The van der Waals surface area contributed by atoms with Crippen LogP contribution in [0.1, 0.15) is 20.8 Å². The van der Waals surface area contributed by atoms with Gasteiger partial charge in [0.05, 0.1) is 7.11 Å². The van der Waals surface area contributed by atoms with Crippen LogP contribution in [0.25, 0.3) is 0 Å². The lowest BCUT2D eigenvalue weighted by Gasteiger charge is -2.18. The fourth-order valence-electron chi connectivity index (χ4n) is 1.65. The molecular weight excluding hydrogens is 268 g/mol. The van der Waals surface area contributed by atoms with Crippen LogP contribution in [0.2, 0.25) is 0 Å². The highest BCUT2D eigenvalue weighted by molar-refractivity contribution is 5.40. The van der Waals surface area contributed by atoms with Crippen molar-refractivity contribution >= 4 is 0 Å². The molecule has 2 rings (SSSR count).